The van der Waals surface area contributed by atoms with Crippen LogP contribution in [0.3, 0.4) is 0 Å². The number of amides is 1. The lowest BCUT2D eigenvalue weighted by atomic mass is 10.1. The maximum atomic E-state index is 12.2. The van der Waals surface area contributed by atoms with Gasteiger partial charge in [0, 0.05) is 12.6 Å². The van der Waals surface area contributed by atoms with E-state index in [-0.39, 0.29) is 5.91 Å². The lowest BCUT2D eigenvalue weighted by molar-refractivity contribution is -0.121. The standard InChI is InChI=1S/C16H18N2O2S/c1-5-8-17-16-18(3)15(19)14(21-16)10-12-7-6-11(2)9-13(12)20-4/h5-7,9-10H,1,8H2,2-4H3/b14-10+,17-16?. The van der Waals surface area contributed by atoms with Crippen LogP contribution in [-0.2, 0) is 4.79 Å². The molecule has 0 spiro atoms. The Balaban J connectivity index is 2.34. The van der Waals surface area contributed by atoms with Gasteiger partial charge < -0.3 is 4.74 Å². The van der Waals surface area contributed by atoms with Gasteiger partial charge in [-0.1, -0.05) is 18.2 Å². The fraction of sp³-hybridized carbons (Fsp3) is 0.250. The SMILES string of the molecule is C=CCN=C1S/C(=C/c2ccc(C)cc2OC)C(=O)N1C. The topological polar surface area (TPSA) is 41.9 Å². The lowest BCUT2D eigenvalue weighted by Crippen LogP contribution is -2.24. The number of aryl methyl sites for hydroxylation is 1. The van der Waals surface area contributed by atoms with E-state index in [9.17, 15) is 4.79 Å². The van der Waals surface area contributed by atoms with Crippen LogP contribution in [0.4, 0.5) is 0 Å². The molecule has 0 aromatic heterocycles. The molecule has 1 aromatic rings. The molecular formula is C16H18N2O2S. The minimum atomic E-state index is -0.0505. The molecule has 0 unspecified atom stereocenters. The molecule has 1 amide bonds. The summed E-state index contributed by atoms with van der Waals surface area (Å²) in [7, 11) is 3.36. The molecular weight excluding hydrogens is 284 g/mol. The summed E-state index contributed by atoms with van der Waals surface area (Å²) in [5, 5.41) is 0.692. The molecule has 1 aliphatic heterocycles. The van der Waals surface area contributed by atoms with Gasteiger partial charge in [0.15, 0.2) is 5.17 Å². The Morgan fingerprint density at radius 2 is 2.24 bits per heavy atom. The van der Waals surface area contributed by atoms with Crippen molar-refractivity contribution in [3.63, 3.8) is 0 Å². The smallest absolute Gasteiger partial charge is 0.266 e. The number of hydrogen-bond acceptors (Lipinski definition) is 4. The third-order valence-corrected chi connectivity index (χ3v) is 4.13. The second kappa shape index (κ2) is 6.63. The zero-order chi connectivity index (χ0) is 15.4. The molecule has 0 aliphatic carbocycles. The van der Waals surface area contributed by atoms with Gasteiger partial charge in [-0.15, -0.1) is 6.58 Å². The highest BCUT2D eigenvalue weighted by Crippen LogP contribution is 2.33. The molecule has 4 nitrogen and oxygen atoms in total. The quantitative estimate of drug-likeness (QED) is 0.634. The Bertz CT molecular complexity index is 635. The van der Waals surface area contributed by atoms with Gasteiger partial charge in [-0.2, -0.15) is 0 Å². The monoisotopic (exact) mass is 302 g/mol. The Hall–Kier alpha value is -2.01. The number of ether oxygens (including phenoxy) is 1. The molecule has 0 radical (unpaired) electrons. The maximum Gasteiger partial charge on any atom is 0.266 e. The van der Waals surface area contributed by atoms with E-state index in [2.05, 4.69) is 11.6 Å². The van der Waals surface area contributed by atoms with Crippen LogP contribution in [0.1, 0.15) is 11.1 Å². The number of carbonyl (C=O) groups excluding carboxylic acids is 1. The number of amidine groups is 1. The second-order valence-corrected chi connectivity index (χ2v) is 5.64. The first-order valence-electron chi connectivity index (χ1n) is 6.54. The van der Waals surface area contributed by atoms with E-state index in [0.29, 0.717) is 16.6 Å². The van der Waals surface area contributed by atoms with E-state index < -0.39 is 0 Å². The van der Waals surface area contributed by atoms with Crippen molar-refractivity contribution in [1.29, 1.82) is 0 Å². The summed E-state index contributed by atoms with van der Waals surface area (Å²) < 4.78 is 5.37. The van der Waals surface area contributed by atoms with Crippen LogP contribution in [0.2, 0.25) is 0 Å². The van der Waals surface area contributed by atoms with Crippen LogP contribution in [0.15, 0.2) is 40.8 Å². The van der Waals surface area contributed by atoms with Gasteiger partial charge in [-0.25, -0.2) is 0 Å². The molecule has 0 bridgehead atoms. The fourth-order valence-electron chi connectivity index (χ4n) is 1.91. The third-order valence-electron chi connectivity index (χ3n) is 3.03. The van der Waals surface area contributed by atoms with Gasteiger partial charge in [-0.3, -0.25) is 14.7 Å². The molecule has 1 aromatic carbocycles. The van der Waals surface area contributed by atoms with Crippen molar-refractivity contribution in [1.82, 2.24) is 4.90 Å². The van der Waals surface area contributed by atoms with Crippen LogP contribution < -0.4 is 4.74 Å². The van der Waals surface area contributed by atoms with Crippen LogP contribution in [0.25, 0.3) is 6.08 Å². The van der Waals surface area contributed by atoms with E-state index >= 15 is 0 Å². The highest BCUT2D eigenvalue weighted by molar-refractivity contribution is 8.18. The molecule has 0 atom stereocenters. The minimum Gasteiger partial charge on any atom is -0.496 e. The molecule has 1 heterocycles. The summed E-state index contributed by atoms with van der Waals surface area (Å²) in [6.07, 6.45) is 3.55. The molecule has 5 heteroatoms. The van der Waals surface area contributed by atoms with E-state index in [0.717, 1.165) is 16.9 Å². The number of methoxy groups -OCH3 is 1. The van der Waals surface area contributed by atoms with Crippen molar-refractivity contribution in [3.05, 3.63) is 46.9 Å². The predicted molar refractivity (Wildman–Crippen MR) is 88.6 cm³/mol. The fourth-order valence-corrected chi connectivity index (χ4v) is 2.88. The summed E-state index contributed by atoms with van der Waals surface area (Å²) >= 11 is 1.37. The van der Waals surface area contributed by atoms with Crippen LogP contribution >= 0.6 is 11.8 Å². The molecule has 21 heavy (non-hydrogen) atoms. The number of benzene rings is 1. The number of rotatable bonds is 4. The van der Waals surface area contributed by atoms with E-state index in [1.165, 1.54) is 11.8 Å². The third kappa shape index (κ3) is 3.36. The summed E-state index contributed by atoms with van der Waals surface area (Å²) in [6, 6.07) is 5.90. The van der Waals surface area contributed by atoms with Crippen LogP contribution in [0, 0.1) is 6.92 Å². The van der Waals surface area contributed by atoms with Crippen molar-refractivity contribution >= 4 is 28.9 Å². The number of thioether (sulfide) groups is 1. The average molecular weight is 302 g/mol. The Morgan fingerprint density at radius 1 is 1.48 bits per heavy atom. The number of likely N-dealkylation sites (N-methyl/N-ethyl adjacent to an activating group) is 1. The largest absolute Gasteiger partial charge is 0.496 e. The van der Waals surface area contributed by atoms with Gasteiger partial charge in [0.1, 0.15) is 5.75 Å². The average Bonchev–Trinajstić information content (AvgIpc) is 2.75. The summed E-state index contributed by atoms with van der Waals surface area (Å²) in [6.45, 7) is 6.14. The van der Waals surface area contributed by atoms with Crippen LogP contribution in [-0.4, -0.2) is 36.7 Å². The van der Waals surface area contributed by atoms with E-state index in [1.54, 1.807) is 25.1 Å². The summed E-state index contributed by atoms with van der Waals surface area (Å²) in [4.78, 5) is 18.8. The zero-order valence-electron chi connectivity index (χ0n) is 12.4. The Kier molecular flexibility index (Phi) is 4.85. The van der Waals surface area contributed by atoms with Crippen molar-refractivity contribution < 1.29 is 9.53 Å². The van der Waals surface area contributed by atoms with Crippen molar-refractivity contribution in [2.45, 2.75) is 6.92 Å². The van der Waals surface area contributed by atoms with Gasteiger partial charge in [0.05, 0.1) is 18.6 Å². The second-order valence-electron chi connectivity index (χ2n) is 4.63. The first-order valence-corrected chi connectivity index (χ1v) is 7.36. The summed E-state index contributed by atoms with van der Waals surface area (Å²) in [5.41, 5.74) is 2.00. The maximum absolute atomic E-state index is 12.2. The van der Waals surface area contributed by atoms with E-state index in [1.807, 2.05) is 31.2 Å². The Labute approximate surface area is 129 Å². The lowest BCUT2D eigenvalue weighted by Gasteiger charge is -2.07. The molecule has 0 N–H and O–H groups in total. The normalized spacial score (nSPS) is 18.6. The Morgan fingerprint density at radius 3 is 2.90 bits per heavy atom. The van der Waals surface area contributed by atoms with Crippen molar-refractivity contribution in [2.24, 2.45) is 4.99 Å². The molecule has 1 saturated heterocycles. The van der Waals surface area contributed by atoms with Gasteiger partial charge in [0.25, 0.3) is 5.91 Å². The predicted octanol–water partition coefficient (Wildman–Crippen LogP) is 3.09. The van der Waals surface area contributed by atoms with E-state index in [4.69, 9.17) is 4.74 Å². The molecule has 1 aliphatic rings. The summed E-state index contributed by atoms with van der Waals surface area (Å²) in [5.74, 6) is 0.709. The van der Waals surface area contributed by atoms with Gasteiger partial charge >= 0.3 is 0 Å². The van der Waals surface area contributed by atoms with Gasteiger partial charge in [-0.05, 0) is 36.4 Å². The number of carbonyl (C=O) groups is 1. The highest BCUT2D eigenvalue weighted by Gasteiger charge is 2.30. The van der Waals surface area contributed by atoms with Crippen LogP contribution in [0.5, 0.6) is 5.75 Å². The molecule has 2 rings (SSSR count). The zero-order valence-corrected chi connectivity index (χ0v) is 13.2. The molecule has 110 valence electrons. The first-order chi connectivity index (χ1) is 10.1. The van der Waals surface area contributed by atoms with Crippen molar-refractivity contribution in [2.75, 3.05) is 20.7 Å². The minimum absolute atomic E-state index is 0.0505. The number of aliphatic imine (C=N–C) groups is 1. The van der Waals surface area contributed by atoms with Gasteiger partial charge in [0.2, 0.25) is 0 Å². The molecule has 0 saturated carbocycles. The molecule has 1 fully saturated rings. The van der Waals surface area contributed by atoms with Crippen molar-refractivity contribution in [3.8, 4) is 5.75 Å². The highest BCUT2D eigenvalue weighted by atomic mass is 32.2. The first kappa shape index (κ1) is 15.4. The number of hydrogen-bond donors (Lipinski definition) is 0. The number of nitrogens with zero attached hydrogens (tertiary/aromatic N) is 2.